The number of aromatic nitrogens is 2. The Morgan fingerprint density at radius 3 is 2.38 bits per heavy atom. The van der Waals surface area contributed by atoms with E-state index < -0.39 is 5.97 Å². The number of carbonyl (C=O) groups is 1. The molecule has 1 aromatic heterocycles. The highest BCUT2D eigenvalue weighted by molar-refractivity contribution is 7.99. The van der Waals surface area contributed by atoms with E-state index in [0.29, 0.717) is 11.3 Å². The molecule has 0 saturated heterocycles. The Morgan fingerprint density at radius 2 is 1.69 bits per heavy atom. The van der Waals surface area contributed by atoms with Crippen LogP contribution in [0.15, 0.2) is 57.9 Å². The Kier molecular flexibility index (Phi) is 5.96. The van der Waals surface area contributed by atoms with Gasteiger partial charge in [-0.05, 0) is 48.5 Å². The Balaban J connectivity index is 1.43. The second-order valence-corrected chi connectivity index (χ2v) is 6.40. The van der Waals surface area contributed by atoms with Gasteiger partial charge in [0.25, 0.3) is 5.89 Å². The monoisotopic (exact) mass is 376 g/mol. The Hall–Kier alpha value is -2.74. The molecule has 0 unspecified atom stereocenters. The van der Waals surface area contributed by atoms with Gasteiger partial charge in [0.15, 0.2) is 6.61 Å². The number of carbonyl (C=O) groups excluding carboxylic acids is 1. The second kappa shape index (κ2) is 8.57. The fourth-order valence-corrected chi connectivity index (χ4v) is 2.86. The van der Waals surface area contributed by atoms with Crippen molar-refractivity contribution in [2.45, 2.75) is 17.9 Å². The summed E-state index contributed by atoms with van der Waals surface area (Å²) in [5.74, 6) is -0.0910. The molecule has 0 radical (unpaired) electrons. The zero-order chi connectivity index (χ0) is 18.4. The third kappa shape index (κ3) is 5.13. The van der Waals surface area contributed by atoms with Crippen molar-refractivity contribution in [1.29, 1.82) is 0 Å². The summed E-state index contributed by atoms with van der Waals surface area (Å²) >= 11 is 1.43. The number of hydrogen-bond acceptors (Lipinski definition) is 6. The number of thioether (sulfide) groups is 1. The van der Waals surface area contributed by atoms with Crippen LogP contribution < -0.4 is 0 Å². The van der Waals surface area contributed by atoms with Gasteiger partial charge in [0.2, 0.25) is 5.82 Å². The summed E-state index contributed by atoms with van der Waals surface area (Å²) in [6, 6.07) is 11.7. The van der Waals surface area contributed by atoms with Crippen LogP contribution in [0.5, 0.6) is 0 Å². The van der Waals surface area contributed by atoms with Crippen LogP contribution in [-0.4, -0.2) is 21.9 Å². The first-order valence-electron chi connectivity index (χ1n) is 7.73. The van der Waals surface area contributed by atoms with E-state index in [4.69, 9.17) is 9.26 Å². The average Bonchev–Trinajstić information content (AvgIpc) is 3.11. The molecule has 3 aromatic rings. The van der Waals surface area contributed by atoms with E-state index in [1.165, 1.54) is 48.2 Å². The normalized spacial score (nSPS) is 10.7. The molecule has 26 heavy (non-hydrogen) atoms. The highest BCUT2D eigenvalue weighted by atomic mass is 32.2. The minimum absolute atomic E-state index is 0.106. The van der Waals surface area contributed by atoms with E-state index in [-0.39, 0.29) is 36.4 Å². The Labute approximate surface area is 152 Å². The molecule has 0 amide bonds. The van der Waals surface area contributed by atoms with Crippen LogP contribution in [0, 0.1) is 11.6 Å². The molecule has 8 heteroatoms. The van der Waals surface area contributed by atoms with Crippen LogP contribution in [0.2, 0.25) is 0 Å². The van der Waals surface area contributed by atoms with Crippen molar-refractivity contribution in [3.63, 3.8) is 0 Å². The minimum atomic E-state index is -0.396. The lowest BCUT2D eigenvalue weighted by molar-refractivity contribution is -0.144. The molecule has 0 aliphatic heterocycles. The van der Waals surface area contributed by atoms with Crippen molar-refractivity contribution >= 4 is 17.7 Å². The summed E-state index contributed by atoms with van der Waals surface area (Å²) < 4.78 is 35.9. The van der Waals surface area contributed by atoms with E-state index in [1.54, 1.807) is 12.1 Å². The summed E-state index contributed by atoms with van der Waals surface area (Å²) in [6.45, 7) is -0.106. The third-order valence-corrected chi connectivity index (χ3v) is 4.32. The van der Waals surface area contributed by atoms with Crippen molar-refractivity contribution in [2.75, 3.05) is 5.75 Å². The molecule has 134 valence electrons. The quantitative estimate of drug-likeness (QED) is 0.454. The van der Waals surface area contributed by atoms with Crippen LogP contribution in [0.25, 0.3) is 11.5 Å². The van der Waals surface area contributed by atoms with E-state index >= 15 is 0 Å². The zero-order valence-corrected chi connectivity index (χ0v) is 14.3. The maximum Gasteiger partial charge on any atom is 0.307 e. The van der Waals surface area contributed by atoms with E-state index in [0.717, 1.165) is 4.90 Å². The lowest BCUT2D eigenvalue weighted by Crippen LogP contribution is -2.06. The van der Waals surface area contributed by atoms with Gasteiger partial charge in [0, 0.05) is 16.2 Å². The van der Waals surface area contributed by atoms with Gasteiger partial charge in [0.1, 0.15) is 11.6 Å². The van der Waals surface area contributed by atoms with Gasteiger partial charge in [-0.25, -0.2) is 8.78 Å². The molecular formula is C18H14F2N2O3S. The summed E-state index contributed by atoms with van der Waals surface area (Å²) in [4.78, 5) is 16.7. The molecule has 0 N–H and O–H groups in total. The first-order valence-corrected chi connectivity index (χ1v) is 8.71. The van der Waals surface area contributed by atoms with Gasteiger partial charge in [-0.2, -0.15) is 4.98 Å². The third-order valence-electron chi connectivity index (χ3n) is 3.31. The highest BCUT2D eigenvalue weighted by Crippen LogP contribution is 2.20. The van der Waals surface area contributed by atoms with Crippen LogP contribution >= 0.6 is 11.8 Å². The minimum Gasteiger partial charge on any atom is -0.457 e. The topological polar surface area (TPSA) is 65.2 Å². The number of esters is 1. The lowest BCUT2D eigenvalue weighted by Gasteiger charge is -2.02. The molecule has 0 aliphatic rings. The molecule has 5 nitrogen and oxygen atoms in total. The fourth-order valence-electron chi connectivity index (χ4n) is 2.02. The maximum atomic E-state index is 12.9. The maximum absolute atomic E-state index is 12.9. The summed E-state index contributed by atoms with van der Waals surface area (Å²) in [7, 11) is 0. The van der Waals surface area contributed by atoms with Crippen LogP contribution in [-0.2, 0) is 16.1 Å². The SMILES string of the molecule is O=C(CCSc1ccc(F)cc1)OCc1noc(-c2ccc(F)cc2)n1. The molecule has 0 saturated carbocycles. The predicted molar refractivity (Wildman–Crippen MR) is 91.2 cm³/mol. The summed E-state index contributed by atoms with van der Waals surface area (Å²) in [5.41, 5.74) is 0.576. The molecule has 3 rings (SSSR count). The first kappa shape index (κ1) is 18.1. The van der Waals surface area contributed by atoms with Crippen LogP contribution in [0.1, 0.15) is 12.2 Å². The molecular weight excluding hydrogens is 362 g/mol. The molecule has 0 bridgehead atoms. The molecule has 0 fully saturated rings. The Bertz CT molecular complexity index is 867. The number of halogens is 2. The number of benzene rings is 2. The zero-order valence-electron chi connectivity index (χ0n) is 13.5. The van der Waals surface area contributed by atoms with Crippen LogP contribution in [0.4, 0.5) is 8.78 Å². The summed E-state index contributed by atoms with van der Waals surface area (Å²) in [6.07, 6.45) is 0.199. The molecule has 2 aromatic carbocycles. The smallest absolute Gasteiger partial charge is 0.307 e. The molecule has 0 spiro atoms. The van der Waals surface area contributed by atoms with Gasteiger partial charge < -0.3 is 9.26 Å². The average molecular weight is 376 g/mol. The highest BCUT2D eigenvalue weighted by Gasteiger charge is 2.11. The van der Waals surface area contributed by atoms with E-state index in [2.05, 4.69) is 10.1 Å². The van der Waals surface area contributed by atoms with Crippen LogP contribution in [0.3, 0.4) is 0 Å². The molecule has 0 aliphatic carbocycles. The standard InChI is InChI=1S/C18H14F2N2O3S/c19-13-3-1-12(2-4-13)18-21-16(22-25-18)11-24-17(23)9-10-26-15-7-5-14(20)6-8-15/h1-8H,9-11H2. The molecule has 0 atom stereocenters. The second-order valence-electron chi connectivity index (χ2n) is 5.24. The van der Waals surface area contributed by atoms with E-state index in [9.17, 15) is 13.6 Å². The Morgan fingerprint density at radius 1 is 1.04 bits per heavy atom. The largest absolute Gasteiger partial charge is 0.457 e. The lowest BCUT2D eigenvalue weighted by atomic mass is 10.2. The van der Waals surface area contributed by atoms with Gasteiger partial charge >= 0.3 is 5.97 Å². The number of rotatable bonds is 7. The van der Waals surface area contributed by atoms with Gasteiger partial charge in [-0.1, -0.05) is 5.16 Å². The first-order chi connectivity index (χ1) is 12.6. The number of nitrogens with zero attached hydrogens (tertiary/aromatic N) is 2. The number of hydrogen-bond donors (Lipinski definition) is 0. The van der Waals surface area contributed by atoms with E-state index in [1.807, 2.05) is 0 Å². The predicted octanol–water partition coefficient (Wildman–Crippen LogP) is 4.24. The van der Waals surface area contributed by atoms with Crippen molar-refractivity contribution in [2.24, 2.45) is 0 Å². The number of ether oxygens (including phenoxy) is 1. The molecule has 1 heterocycles. The van der Waals surface area contributed by atoms with Crippen molar-refractivity contribution in [1.82, 2.24) is 10.1 Å². The van der Waals surface area contributed by atoms with Gasteiger partial charge in [0.05, 0.1) is 6.42 Å². The van der Waals surface area contributed by atoms with Gasteiger partial charge in [-0.3, -0.25) is 4.79 Å². The summed E-state index contributed by atoms with van der Waals surface area (Å²) in [5, 5.41) is 3.73. The van der Waals surface area contributed by atoms with Crippen molar-refractivity contribution < 1.29 is 22.8 Å². The fraction of sp³-hybridized carbons (Fsp3) is 0.167. The van der Waals surface area contributed by atoms with Crippen molar-refractivity contribution in [3.8, 4) is 11.5 Å². The van der Waals surface area contributed by atoms with Gasteiger partial charge in [-0.15, -0.1) is 11.8 Å². The van der Waals surface area contributed by atoms with Crippen molar-refractivity contribution in [3.05, 3.63) is 66.0 Å².